The van der Waals surface area contributed by atoms with E-state index in [-0.39, 0.29) is 35.5 Å². The fourth-order valence-electron chi connectivity index (χ4n) is 4.83. The molecule has 9 heteroatoms. The summed E-state index contributed by atoms with van der Waals surface area (Å²) < 4.78 is 42.6. The largest absolute Gasteiger partial charge is 0.435 e. The maximum absolute atomic E-state index is 13.9. The molecule has 1 amide bonds. The highest BCUT2D eigenvalue weighted by atomic mass is 19.4. The van der Waals surface area contributed by atoms with Gasteiger partial charge >= 0.3 is 6.18 Å². The summed E-state index contributed by atoms with van der Waals surface area (Å²) in [5.41, 5.74) is 2.93. The van der Waals surface area contributed by atoms with Gasteiger partial charge in [-0.3, -0.25) is 4.79 Å². The molecule has 1 aromatic heterocycles. The topological polar surface area (TPSA) is 65.2 Å². The van der Waals surface area contributed by atoms with Crippen molar-refractivity contribution in [2.24, 2.45) is 0 Å². The van der Waals surface area contributed by atoms with Crippen molar-refractivity contribution in [3.8, 4) is 22.9 Å². The van der Waals surface area contributed by atoms with Gasteiger partial charge in [-0.15, -0.1) is 0 Å². The van der Waals surface area contributed by atoms with Crippen molar-refractivity contribution in [2.45, 2.75) is 19.1 Å². The molecule has 0 fully saturated rings. The summed E-state index contributed by atoms with van der Waals surface area (Å²) in [5, 5.41) is 13.1. The third kappa shape index (κ3) is 4.66. The number of nitrogens with zero attached hydrogens (tertiary/aromatic N) is 5. The van der Waals surface area contributed by atoms with Crippen LogP contribution in [0.3, 0.4) is 0 Å². The number of rotatable bonds is 5. The lowest BCUT2D eigenvalue weighted by Gasteiger charge is -2.28. The van der Waals surface area contributed by atoms with Crippen LogP contribution in [0.2, 0.25) is 0 Å². The fraction of sp³-hybridized carbons (Fsp3) is 0.207. The summed E-state index contributed by atoms with van der Waals surface area (Å²) in [4.78, 5) is 17.2. The Kier molecular flexibility index (Phi) is 6.51. The van der Waals surface area contributed by atoms with E-state index in [4.69, 9.17) is 0 Å². The molecule has 0 saturated carbocycles. The Morgan fingerprint density at radius 1 is 1.00 bits per heavy atom. The number of fused-ring (bicyclic) bond motifs is 1. The first-order chi connectivity index (χ1) is 18.2. The fourth-order valence-corrected chi connectivity index (χ4v) is 4.83. The predicted octanol–water partition coefficient (Wildman–Crippen LogP) is 5.69. The van der Waals surface area contributed by atoms with E-state index in [1.807, 2.05) is 62.6 Å². The van der Waals surface area contributed by atoms with Crippen LogP contribution in [0.15, 0.2) is 72.8 Å². The van der Waals surface area contributed by atoms with Crippen LogP contribution in [0.5, 0.6) is 0 Å². The first kappa shape index (κ1) is 25.2. The molecule has 0 N–H and O–H groups in total. The lowest BCUT2D eigenvalue weighted by molar-refractivity contribution is -0.141. The molecule has 0 atom stereocenters. The SMILES string of the molecule is CN(C)Cc1ccccc1-c1ccc(N2CCc3c(C(F)(F)F)nn(-c4cccc(C#N)c4)c3C2=O)cc1. The van der Waals surface area contributed by atoms with Gasteiger partial charge in [-0.05, 0) is 67.5 Å². The maximum atomic E-state index is 13.9. The highest BCUT2D eigenvalue weighted by molar-refractivity contribution is 6.07. The first-order valence-electron chi connectivity index (χ1n) is 12.0. The zero-order valence-corrected chi connectivity index (χ0v) is 20.8. The Hall–Kier alpha value is -4.42. The smallest absolute Gasteiger partial charge is 0.307 e. The van der Waals surface area contributed by atoms with Gasteiger partial charge in [0.1, 0.15) is 5.69 Å². The lowest BCUT2D eigenvalue weighted by atomic mass is 9.98. The van der Waals surface area contributed by atoms with Crippen molar-refractivity contribution in [3.05, 3.63) is 101 Å². The van der Waals surface area contributed by atoms with Crippen molar-refractivity contribution in [1.82, 2.24) is 14.7 Å². The number of carbonyl (C=O) groups is 1. The second kappa shape index (κ2) is 9.80. The minimum absolute atomic E-state index is 0.00127. The molecule has 0 saturated heterocycles. The van der Waals surface area contributed by atoms with E-state index in [0.29, 0.717) is 5.69 Å². The van der Waals surface area contributed by atoms with E-state index in [2.05, 4.69) is 16.1 Å². The predicted molar refractivity (Wildman–Crippen MR) is 138 cm³/mol. The minimum Gasteiger partial charge on any atom is -0.307 e. The third-order valence-electron chi connectivity index (χ3n) is 6.50. The van der Waals surface area contributed by atoms with Crippen molar-refractivity contribution >= 4 is 11.6 Å². The van der Waals surface area contributed by atoms with Crippen LogP contribution in [0.1, 0.15) is 32.9 Å². The normalized spacial score (nSPS) is 13.5. The maximum Gasteiger partial charge on any atom is 0.435 e. The van der Waals surface area contributed by atoms with Crippen LogP contribution in [0, 0.1) is 11.3 Å². The molecule has 0 bridgehead atoms. The summed E-state index contributed by atoms with van der Waals surface area (Å²) in [7, 11) is 4.00. The average Bonchev–Trinajstić information content (AvgIpc) is 3.31. The van der Waals surface area contributed by atoms with Crippen molar-refractivity contribution in [2.75, 3.05) is 25.5 Å². The van der Waals surface area contributed by atoms with E-state index < -0.39 is 17.8 Å². The van der Waals surface area contributed by atoms with E-state index in [1.54, 1.807) is 6.07 Å². The summed E-state index contributed by atoms with van der Waals surface area (Å²) in [6, 6.07) is 23.5. The minimum atomic E-state index is -4.72. The van der Waals surface area contributed by atoms with Crippen molar-refractivity contribution in [1.29, 1.82) is 5.26 Å². The molecule has 1 aliphatic rings. The Morgan fingerprint density at radius 2 is 1.74 bits per heavy atom. The van der Waals surface area contributed by atoms with Crippen molar-refractivity contribution < 1.29 is 18.0 Å². The van der Waals surface area contributed by atoms with Crippen LogP contribution in [0.4, 0.5) is 18.9 Å². The van der Waals surface area contributed by atoms with Gasteiger partial charge in [-0.2, -0.15) is 23.5 Å². The van der Waals surface area contributed by atoms with Crippen molar-refractivity contribution in [3.63, 3.8) is 0 Å². The van der Waals surface area contributed by atoms with Gasteiger partial charge in [0.15, 0.2) is 5.69 Å². The van der Waals surface area contributed by atoms with Crippen LogP contribution < -0.4 is 4.90 Å². The number of nitriles is 1. The van der Waals surface area contributed by atoms with Crippen LogP contribution in [0.25, 0.3) is 16.8 Å². The van der Waals surface area contributed by atoms with E-state index in [9.17, 15) is 23.2 Å². The van der Waals surface area contributed by atoms with Gasteiger partial charge in [0, 0.05) is 24.3 Å². The highest BCUT2D eigenvalue weighted by Gasteiger charge is 2.43. The summed E-state index contributed by atoms with van der Waals surface area (Å²) in [5.74, 6) is -0.572. The average molecular weight is 516 g/mol. The Morgan fingerprint density at radius 3 is 2.42 bits per heavy atom. The molecule has 1 aliphatic heterocycles. The standard InChI is InChI=1S/C29H24F3N5O/c1-35(2)18-21-7-3-4-9-24(21)20-10-12-22(13-11-20)36-15-14-25-26(28(36)38)37(34-27(25)29(30,31)32)23-8-5-6-19(16-23)17-33/h3-13,16H,14-15,18H2,1-2H3. The second-order valence-electron chi connectivity index (χ2n) is 9.40. The number of hydrogen-bond acceptors (Lipinski definition) is 4. The molecule has 5 rings (SSSR count). The molecule has 0 unspecified atom stereocenters. The number of hydrogen-bond donors (Lipinski definition) is 0. The Labute approximate surface area is 218 Å². The number of benzene rings is 3. The van der Waals surface area contributed by atoms with Gasteiger partial charge in [0.2, 0.25) is 0 Å². The second-order valence-corrected chi connectivity index (χ2v) is 9.40. The van der Waals surface area contributed by atoms with Crippen LogP contribution in [-0.4, -0.2) is 41.2 Å². The zero-order valence-electron chi connectivity index (χ0n) is 20.8. The molecular formula is C29H24F3N5O. The number of alkyl halides is 3. The molecular weight excluding hydrogens is 491 g/mol. The van der Waals surface area contributed by atoms with Gasteiger partial charge in [-0.1, -0.05) is 42.5 Å². The summed E-state index contributed by atoms with van der Waals surface area (Å²) in [6.07, 6.45) is -4.71. The molecule has 38 heavy (non-hydrogen) atoms. The van der Waals surface area contributed by atoms with Gasteiger partial charge in [-0.25, -0.2) is 4.68 Å². The summed E-state index contributed by atoms with van der Waals surface area (Å²) >= 11 is 0. The summed E-state index contributed by atoms with van der Waals surface area (Å²) in [6.45, 7) is 0.860. The zero-order chi connectivity index (χ0) is 27.0. The van der Waals surface area contributed by atoms with Crippen LogP contribution >= 0.6 is 0 Å². The quantitative estimate of drug-likeness (QED) is 0.342. The molecule has 3 aromatic carbocycles. The van der Waals surface area contributed by atoms with E-state index in [0.717, 1.165) is 27.9 Å². The van der Waals surface area contributed by atoms with E-state index >= 15 is 0 Å². The van der Waals surface area contributed by atoms with Gasteiger partial charge < -0.3 is 9.80 Å². The number of carbonyl (C=O) groups excluding carboxylic acids is 1. The number of halogens is 3. The Balaban J connectivity index is 1.53. The third-order valence-corrected chi connectivity index (χ3v) is 6.50. The highest BCUT2D eigenvalue weighted by Crippen LogP contribution is 2.37. The molecule has 0 spiro atoms. The van der Waals surface area contributed by atoms with Gasteiger partial charge in [0.05, 0.1) is 17.3 Å². The monoisotopic (exact) mass is 515 g/mol. The number of anilines is 1. The first-order valence-corrected chi connectivity index (χ1v) is 12.0. The molecule has 0 aliphatic carbocycles. The van der Waals surface area contributed by atoms with E-state index in [1.165, 1.54) is 23.1 Å². The molecule has 192 valence electrons. The van der Waals surface area contributed by atoms with Gasteiger partial charge in [0.25, 0.3) is 5.91 Å². The molecule has 2 heterocycles. The number of aromatic nitrogens is 2. The Bertz CT molecular complexity index is 1550. The molecule has 0 radical (unpaired) electrons. The molecule has 6 nitrogen and oxygen atoms in total. The lowest BCUT2D eigenvalue weighted by Crippen LogP contribution is -2.39. The van der Waals surface area contributed by atoms with Crippen LogP contribution in [-0.2, 0) is 19.1 Å². The molecule has 4 aromatic rings. The number of amides is 1.